The first kappa shape index (κ1) is 21.9. The molecule has 152 valence electrons. The fourth-order valence-corrected chi connectivity index (χ4v) is 3.34. The summed E-state index contributed by atoms with van der Waals surface area (Å²) < 4.78 is 11.5. The summed E-state index contributed by atoms with van der Waals surface area (Å²) in [6.45, 7) is 10.1. The molecule has 0 saturated heterocycles. The van der Waals surface area contributed by atoms with Gasteiger partial charge in [-0.25, -0.2) is 0 Å². The third kappa shape index (κ3) is 5.11. The highest BCUT2D eigenvalue weighted by molar-refractivity contribution is 6.18. The van der Waals surface area contributed by atoms with E-state index in [0.29, 0.717) is 6.61 Å². The summed E-state index contributed by atoms with van der Waals surface area (Å²) in [6.07, 6.45) is 6.47. The van der Waals surface area contributed by atoms with Crippen LogP contribution >= 0.6 is 0 Å². The number of hydrogen-bond donors (Lipinski definition) is 0. The zero-order valence-electron chi connectivity index (χ0n) is 16.5. The van der Waals surface area contributed by atoms with Crippen molar-refractivity contribution in [3.63, 3.8) is 0 Å². The van der Waals surface area contributed by atoms with E-state index in [1.54, 1.807) is 13.0 Å². The number of allylic oxidation sites excluding steroid dienone is 2. The maximum absolute atomic E-state index is 11.7. The van der Waals surface area contributed by atoms with E-state index in [1.807, 2.05) is 13.8 Å². The van der Waals surface area contributed by atoms with Crippen LogP contribution in [0, 0.1) is 17.8 Å². The molecule has 1 aliphatic carbocycles. The fraction of sp³-hybridized carbons (Fsp3) is 0.524. The molecule has 0 spiro atoms. The van der Waals surface area contributed by atoms with Gasteiger partial charge < -0.3 is 9.47 Å². The average molecular weight is 389 g/mol. The van der Waals surface area contributed by atoms with Crippen LogP contribution in [0.2, 0.25) is 0 Å². The molecule has 1 heterocycles. The first-order valence-electron chi connectivity index (χ1n) is 9.39. The Morgan fingerprint density at radius 1 is 0.964 bits per heavy atom. The highest BCUT2D eigenvalue weighted by Gasteiger charge is 2.33. The normalized spacial score (nSPS) is 21.5. The Labute approximate surface area is 165 Å². The highest BCUT2D eigenvalue weighted by Crippen LogP contribution is 2.21. The predicted molar refractivity (Wildman–Crippen MR) is 102 cm³/mol. The van der Waals surface area contributed by atoms with E-state index in [1.165, 1.54) is 24.3 Å². The van der Waals surface area contributed by atoms with Crippen molar-refractivity contribution in [2.24, 2.45) is 17.8 Å². The summed E-state index contributed by atoms with van der Waals surface area (Å²) in [4.78, 5) is 48.0. The number of imide groups is 1. The van der Waals surface area contributed by atoms with Crippen LogP contribution in [0.4, 0.5) is 0 Å². The third-order valence-corrected chi connectivity index (χ3v) is 4.96. The van der Waals surface area contributed by atoms with Crippen molar-refractivity contribution in [2.45, 2.75) is 32.9 Å². The number of amides is 2. The maximum atomic E-state index is 11.7. The molecule has 7 heteroatoms. The molecule has 0 N–H and O–H groups in total. The van der Waals surface area contributed by atoms with E-state index < -0.39 is 12.0 Å². The van der Waals surface area contributed by atoms with Gasteiger partial charge in [0.25, 0.3) is 11.8 Å². The van der Waals surface area contributed by atoms with Crippen molar-refractivity contribution in [2.75, 3.05) is 19.8 Å². The number of ether oxygens (including phenoxy) is 2. The second kappa shape index (κ2) is 9.71. The molecule has 28 heavy (non-hydrogen) atoms. The van der Waals surface area contributed by atoms with Crippen molar-refractivity contribution in [3.05, 3.63) is 37.0 Å². The molecule has 0 aromatic rings. The summed E-state index contributed by atoms with van der Waals surface area (Å²) in [7, 11) is 0. The lowest BCUT2D eigenvalue weighted by Gasteiger charge is -2.27. The van der Waals surface area contributed by atoms with Crippen molar-refractivity contribution in [1.29, 1.82) is 0 Å². The van der Waals surface area contributed by atoms with Gasteiger partial charge in [0.15, 0.2) is 11.6 Å². The number of ketones is 2. The smallest absolute Gasteiger partial charge is 0.253 e. The molecule has 1 aliphatic heterocycles. The van der Waals surface area contributed by atoms with Gasteiger partial charge in [0.1, 0.15) is 0 Å². The molecule has 4 unspecified atom stereocenters. The van der Waals surface area contributed by atoms with E-state index in [9.17, 15) is 19.2 Å². The van der Waals surface area contributed by atoms with Crippen LogP contribution in [0.25, 0.3) is 0 Å². The fourth-order valence-electron chi connectivity index (χ4n) is 3.34. The molecule has 7 nitrogen and oxygen atoms in total. The van der Waals surface area contributed by atoms with Gasteiger partial charge in [-0.1, -0.05) is 19.9 Å². The van der Waals surface area contributed by atoms with E-state index in [0.717, 1.165) is 4.90 Å². The van der Waals surface area contributed by atoms with Crippen LogP contribution in [0.1, 0.15) is 20.8 Å². The molecular formula is C21H27NO6. The molecule has 4 atom stereocenters. The van der Waals surface area contributed by atoms with Crippen LogP contribution in [-0.2, 0) is 28.7 Å². The largest absolute Gasteiger partial charge is 0.381 e. The molecular weight excluding hydrogens is 362 g/mol. The van der Waals surface area contributed by atoms with Gasteiger partial charge in [0.05, 0.1) is 37.9 Å². The Balaban J connectivity index is 1.75. The minimum atomic E-state index is -0.647. The lowest BCUT2D eigenvalue weighted by Crippen LogP contribution is -2.42. The first-order chi connectivity index (χ1) is 13.3. The standard InChI is InChI=1S/C21H27NO6/c1-5-18(28-12-15(4)22-19(25)8-9-20(22)26)13(2)10-27-11-14(3)21-16(23)6-7-17(21)24/h5-9,13-15,18,21H,1,10-12H2,2-4H3. The highest BCUT2D eigenvalue weighted by atomic mass is 16.5. The van der Waals surface area contributed by atoms with Crippen LogP contribution in [-0.4, -0.2) is 60.2 Å². The number of carbonyl (C=O) groups is 4. The maximum Gasteiger partial charge on any atom is 0.253 e. The van der Waals surface area contributed by atoms with Gasteiger partial charge in [0.2, 0.25) is 0 Å². The minimum absolute atomic E-state index is 0.0342. The minimum Gasteiger partial charge on any atom is -0.381 e. The first-order valence-corrected chi connectivity index (χ1v) is 9.39. The van der Waals surface area contributed by atoms with Gasteiger partial charge in [-0.3, -0.25) is 24.1 Å². The molecule has 0 fully saturated rings. The Kier molecular flexibility index (Phi) is 7.60. The second-order valence-electron chi connectivity index (χ2n) is 7.37. The van der Waals surface area contributed by atoms with Crippen molar-refractivity contribution < 1.29 is 28.7 Å². The van der Waals surface area contributed by atoms with Gasteiger partial charge >= 0.3 is 0 Å². The Morgan fingerprint density at radius 2 is 1.54 bits per heavy atom. The predicted octanol–water partition coefficient (Wildman–Crippen LogP) is 1.48. The average Bonchev–Trinajstić information content (AvgIpc) is 3.16. The van der Waals surface area contributed by atoms with Gasteiger partial charge in [-0.15, -0.1) is 6.58 Å². The molecule has 0 aromatic carbocycles. The molecule has 0 aromatic heterocycles. The van der Waals surface area contributed by atoms with Crippen LogP contribution in [0.3, 0.4) is 0 Å². The Hall–Kier alpha value is -2.38. The molecule has 0 bridgehead atoms. The molecule has 2 aliphatic rings. The zero-order valence-corrected chi connectivity index (χ0v) is 16.5. The lowest BCUT2D eigenvalue weighted by atomic mass is 9.91. The van der Waals surface area contributed by atoms with Gasteiger partial charge in [0, 0.05) is 18.1 Å². The molecule has 0 radical (unpaired) electrons. The lowest BCUT2D eigenvalue weighted by molar-refractivity contribution is -0.141. The molecule has 2 amide bonds. The van der Waals surface area contributed by atoms with E-state index in [4.69, 9.17) is 9.47 Å². The van der Waals surface area contributed by atoms with Crippen LogP contribution in [0.5, 0.6) is 0 Å². The SMILES string of the molecule is C=CC(OCC(C)N1C(=O)C=CC1=O)C(C)COCC(C)C1C(=O)C=CC1=O. The topological polar surface area (TPSA) is 90.0 Å². The van der Waals surface area contributed by atoms with Gasteiger partial charge in [-0.2, -0.15) is 0 Å². The number of rotatable bonds is 11. The van der Waals surface area contributed by atoms with Gasteiger partial charge in [-0.05, 0) is 25.0 Å². The summed E-state index contributed by atoms with van der Waals surface area (Å²) in [5, 5.41) is 0. The third-order valence-electron chi connectivity index (χ3n) is 4.96. The van der Waals surface area contributed by atoms with Crippen molar-refractivity contribution in [3.8, 4) is 0 Å². The van der Waals surface area contributed by atoms with Crippen LogP contribution in [0.15, 0.2) is 37.0 Å². The summed E-state index contributed by atoms with van der Waals surface area (Å²) >= 11 is 0. The monoisotopic (exact) mass is 389 g/mol. The summed E-state index contributed by atoms with van der Waals surface area (Å²) in [5.74, 6) is -1.91. The zero-order chi connectivity index (χ0) is 20.8. The van der Waals surface area contributed by atoms with E-state index >= 15 is 0 Å². The summed E-state index contributed by atoms with van der Waals surface area (Å²) in [6, 6.07) is -0.391. The second-order valence-corrected chi connectivity index (χ2v) is 7.37. The number of hydrogen-bond acceptors (Lipinski definition) is 6. The number of carbonyl (C=O) groups excluding carboxylic acids is 4. The van der Waals surface area contributed by atoms with E-state index in [2.05, 4.69) is 6.58 Å². The Bertz CT molecular complexity index is 674. The summed E-state index contributed by atoms with van der Waals surface area (Å²) in [5.41, 5.74) is 0. The van der Waals surface area contributed by atoms with Crippen molar-refractivity contribution >= 4 is 23.4 Å². The molecule has 2 rings (SSSR count). The van der Waals surface area contributed by atoms with Crippen molar-refractivity contribution in [1.82, 2.24) is 4.90 Å². The Morgan fingerprint density at radius 3 is 2.07 bits per heavy atom. The van der Waals surface area contributed by atoms with Crippen LogP contribution < -0.4 is 0 Å². The molecule has 0 saturated carbocycles. The van der Waals surface area contributed by atoms with E-state index in [-0.39, 0.29) is 54.5 Å². The quantitative estimate of drug-likeness (QED) is 0.302. The number of nitrogens with zero attached hydrogens (tertiary/aromatic N) is 1.